The number of halogens is 2. The molecule has 0 aliphatic carbocycles. The van der Waals surface area contributed by atoms with E-state index < -0.39 is 5.97 Å². The van der Waals surface area contributed by atoms with E-state index >= 15 is 0 Å². The number of carbonyl (C=O) groups is 1. The van der Waals surface area contributed by atoms with Crippen molar-refractivity contribution in [3.63, 3.8) is 0 Å². The number of rotatable bonds is 4. The van der Waals surface area contributed by atoms with Gasteiger partial charge in [-0.05, 0) is 36.4 Å². The average molecular weight is 372 g/mol. The van der Waals surface area contributed by atoms with Gasteiger partial charge in [-0.25, -0.2) is 0 Å². The molecule has 126 valence electrons. The van der Waals surface area contributed by atoms with Crippen molar-refractivity contribution in [2.45, 2.75) is 6.92 Å². The zero-order valence-electron chi connectivity index (χ0n) is 13.4. The van der Waals surface area contributed by atoms with Gasteiger partial charge in [-0.3, -0.25) is 4.79 Å². The first-order chi connectivity index (χ1) is 12.1. The number of ether oxygens (including phenoxy) is 1. The number of esters is 1. The Balaban J connectivity index is 2.26. The van der Waals surface area contributed by atoms with Crippen LogP contribution in [0.5, 0.6) is 5.75 Å². The third-order valence-corrected chi connectivity index (χ3v) is 4.15. The van der Waals surface area contributed by atoms with Gasteiger partial charge in [0.1, 0.15) is 0 Å². The number of carbonyl (C=O) groups excluding carboxylic acids is 1. The summed E-state index contributed by atoms with van der Waals surface area (Å²) >= 11 is 12.9. The summed E-state index contributed by atoms with van der Waals surface area (Å²) in [5.41, 5.74) is 2.13. The van der Waals surface area contributed by atoms with Crippen LogP contribution in [0.1, 0.15) is 6.92 Å². The van der Waals surface area contributed by atoms with Crippen LogP contribution >= 0.6 is 23.2 Å². The SMILES string of the molecule is CC(=O)Oc1ccccc1N(c1ccccc1)c1c(Cl)cccc1Cl. The molecule has 0 atom stereocenters. The summed E-state index contributed by atoms with van der Waals surface area (Å²) in [5, 5.41) is 0.989. The van der Waals surface area contributed by atoms with Crippen molar-refractivity contribution < 1.29 is 9.53 Å². The van der Waals surface area contributed by atoms with E-state index in [2.05, 4.69) is 0 Å². The molecule has 0 aromatic heterocycles. The number of benzene rings is 3. The van der Waals surface area contributed by atoms with Gasteiger partial charge in [-0.15, -0.1) is 0 Å². The summed E-state index contributed by atoms with van der Waals surface area (Å²) in [6, 6.07) is 22.2. The maximum atomic E-state index is 11.5. The molecule has 0 amide bonds. The quantitative estimate of drug-likeness (QED) is 0.393. The minimum atomic E-state index is -0.397. The minimum Gasteiger partial charge on any atom is -0.424 e. The lowest BCUT2D eigenvalue weighted by molar-refractivity contribution is -0.131. The van der Waals surface area contributed by atoms with Crippen molar-refractivity contribution in [2.75, 3.05) is 4.90 Å². The van der Waals surface area contributed by atoms with Crippen LogP contribution in [0.3, 0.4) is 0 Å². The molecule has 0 spiro atoms. The lowest BCUT2D eigenvalue weighted by Crippen LogP contribution is -2.13. The van der Waals surface area contributed by atoms with Gasteiger partial charge < -0.3 is 9.64 Å². The number of nitrogens with zero attached hydrogens (tertiary/aromatic N) is 1. The Morgan fingerprint density at radius 3 is 2.08 bits per heavy atom. The van der Waals surface area contributed by atoms with Crippen molar-refractivity contribution in [3.8, 4) is 5.75 Å². The van der Waals surface area contributed by atoms with Crippen LogP contribution in [0.4, 0.5) is 17.1 Å². The molecule has 3 aromatic carbocycles. The zero-order chi connectivity index (χ0) is 17.8. The summed E-state index contributed by atoms with van der Waals surface area (Å²) in [7, 11) is 0. The molecule has 25 heavy (non-hydrogen) atoms. The van der Waals surface area contributed by atoms with Crippen molar-refractivity contribution >= 4 is 46.2 Å². The Kier molecular flexibility index (Phi) is 5.27. The molecular formula is C20H15Cl2NO2. The van der Waals surface area contributed by atoms with Crippen LogP contribution in [0.15, 0.2) is 72.8 Å². The summed E-state index contributed by atoms with van der Waals surface area (Å²) in [6.07, 6.45) is 0. The lowest BCUT2D eigenvalue weighted by Gasteiger charge is -2.28. The fourth-order valence-electron chi connectivity index (χ4n) is 2.55. The van der Waals surface area contributed by atoms with Gasteiger partial charge in [0.05, 0.1) is 21.4 Å². The van der Waals surface area contributed by atoms with Gasteiger partial charge in [0.2, 0.25) is 0 Å². The highest BCUT2D eigenvalue weighted by atomic mass is 35.5. The molecule has 3 aromatic rings. The second kappa shape index (κ2) is 7.60. The molecule has 0 unspecified atom stereocenters. The fourth-order valence-corrected chi connectivity index (χ4v) is 3.12. The Labute approximate surface area is 156 Å². The first-order valence-electron chi connectivity index (χ1n) is 7.64. The topological polar surface area (TPSA) is 29.5 Å². The van der Waals surface area contributed by atoms with E-state index in [1.165, 1.54) is 6.92 Å². The van der Waals surface area contributed by atoms with Crippen LogP contribution in [-0.2, 0) is 4.79 Å². The molecule has 0 heterocycles. The summed E-state index contributed by atoms with van der Waals surface area (Å²) < 4.78 is 5.38. The fraction of sp³-hybridized carbons (Fsp3) is 0.0500. The van der Waals surface area contributed by atoms with Gasteiger partial charge in [0.25, 0.3) is 0 Å². The molecule has 3 nitrogen and oxygen atoms in total. The predicted molar refractivity (Wildman–Crippen MR) is 102 cm³/mol. The number of anilines is 3. The molecule has 0 bridgehead atoms. The molecule has 0 saturated carbocycles. The molecule has 0 fully saturated rings. The second-order valence-corrected chi connectivity index (χ2v) is 6.12. The van der Waals surface area contributed by atoms with Gasteiger partial charge in [-0.1, -0.05) is 59.6 Å². The Bertz CT molecular complexity index is 877. The van der Waals surface area contributed by atoms with Crippen LogP contribution in [0.2, 0.25) is 10.0 Å². The van der Waals surface area contributed by atoms with Crippen molar-refractivity contribution in [1.29, 1.82) is 0 Å². The number of para-hydroxylation sites is 4. The first-order valence-corrected chi connectivity index (χ1v) is 8.40. The highest BCUT2D eigenvalue weighted by Gasteiger charge is 2.21. The Morgan fingerprint density at radius 1 is 0.840 bits per heavy atom. The van der Waals surface area contributed by atoms with E-state index in [4.69, 9.17) is 27.9 Å². The van der Waals surface area contributed by atoms with Gasteiger partial charge >= 0.3 is 5.97 Å². The maximum Gasteiger partial charge on any atom is 0.308 e. The van der Waals surface area contributed by atoms with Crippen molar-refractivity contribution in [3.05, 3.63) is 82.8 Å². The summed E-state index contributed by atoms with van der Waals surface area (Å²) in [4.78, 5) is 13.4. The zero-order valence-corrected chi connectivity index (χ0v) is 15.0. The van der Waals surface area contributed by atoms with Crippen molar-refractivity contribution in [2.24, 2.45) is 0 Å². The van der Waals surface area contributed by atoms with Crippen LogP contribution < -0.4 is 9.64 Å². The van der Waals surface area contributed by atoms with Crippen LogP contribution in [0, 0.1) is 0 Å². The first kappa shape index (κ1) is 17.3. The maximum absolute atomic E-state index is 11.5. The number of hydrogen-bond donors (Lipinski definition) is 0. The second-order valence-electron chi connectivity index (χ2n) is 5.30. The van der Waals surface area contributed by atoms with Crippen molar-refractivity contribution in [1.82, 2.24) is 0 Å². The average Bonchev–Trinajstić information content (AvgIpc) is 2.59. The molecule has 3 rings (SSSR count). The lowest BCUT2D eigenvalue weighted by atomic mass is 10.1. The molecule has 0 saturated heterocycles. The van der Waals surface area contributed by atoms with Crippen LogP contribution in [0.25, 0.3) is 0 Å². The third-order valence-electron chi connectivity index (χ3n) is 3.54. The molecule has 0 aliphatic heterocycles. The largest absolute Gasteiger partial charge is 0.424 e. The monoisotopic (exact) mass is 371 g/mol. The van der Waals surface area contributed by atoms with E-state index in [0.29, 0.717) is 27.2 Å². The molecular weight excluding hydrogens is 357 g/mol. The van der Waals surface area contributed by atoms with Gasteiger partial charge in [0, 0.05) is 12.6 Å². The van der Waals surface area contributed by atoms with Gasteiger partial charge in [-0.2, -0.15) is 0 Å². The summed E-state index contributed by atoms with van der Waals surface area (Å²) in [5.74, 6) is 0.0283. The molecule has 0 N–H and O–H groups in total. The number of hydrogen-bond acceptors (Lipinski definition) is 3. The Morgan fingerprint density at radius 2 is 1.44 bits per heavy atom. The smallest absolute Gasteiger partial charge is 0.308 e. The highest BCUT2D eigenvalue weighted by molar-refractivity contribution is 6.39. The van der Waals surface area contributed by atoms with Crippen LogP contribution in [-0.4, -0.2) is 5.97 Å². The molecule has 0 aliphatic rings. The summed E-state index contributed by atoms with van der Waals surface area (Å²) in [6.45, 7) is 1.37. The van der Waals surface area contributed by atoms with Gasteiger partial charge in [0.15, 0.2) is 5.75 Å². The van der Waals surface area contributed by atoms with E-state index in [0.717, 1.165) is 5.69 Å². The third kappa shape index (κ3) is 3.78. The van der Waals surface area contributed by atoms with E-state index in [1.54, 1.807) is 30.3 Å². The standard InChI is InChI=1S/C20H15Cl2NO2/c1-14(24)25-19-13-6-5-12-18(19)23(15-8-3-2-4-9-15)20-16(21)10-7-11-17(20)22/h2-13H,1H3. The van der Waals surface area contributed by atoms with E-state index in [9.17, 15) is 4.79 Å². The minimum absolute atomic E-state index is 0.397. The normalized spacial score (nSPS) is 10.4. The molecule has 5 heteroatoms. The predicted octanol–water partition coefficient (Wildman–Crippen LogP) is 6.39. The Hall–Kier alpha value is -2.49. The van der Waals surface area contributed by atoms with E-state index in [1.807, 2.05) is 47.4 Å². The van der Waals surface area contributed by atoms with E-state index in [-0.39, 0.29) is 0 Å². The molecule has 0 radical (unpaired) electrons. The highest BCUT2D eigenvalue weighted by Crippen LogP contribution is 2.45.